The summed E-state index contributed by atoms with van der Waals surface area (Å²) in [5.74, 6) is -0.478. The van der Waals surface area contributed by atoms with Crippen molar-refractivity contribution in [2.24, 2.45) is 0 Å². The lowest BCUT2D eigenvalue weighted by molar-refractivity contribution is -0.138. The third-order valence-electron chi connectivity index (χ3n) is 3.62. The number of carbonyl (C=O) groups excluding carboxylic acids is 1. The molecule has 2 aromatic carbocycles. The number of aryl methyl sites for hydroxylation is 1. The summed E-state index contributed by atoms with van der Waals surface area (Å²) >= 11 is 3.38. The number of ether oxygens (including phenoxy) is 1. The van der Waals surface area contributed by atoms with E-state index >= 15 is 0 Å². The summed E-state index contributed by atoms with van der Waals surface area (Å²) in [6.07, 6.45) is 3.04. The van der Waals surface area contributed by atoms with Crippen LogP contribution in [-0.2, 0) is 16.1 Å². The van der Waals surface area contributed by atoms with E-state index in [0.717, 1.165) is 21.0 Å². The van der Waals surface area contributed by atoms with Crippen molar-refractivity contribution in [1.82, 2.24) is 0 Å². The third kappa shape index (κ3) is 4.45. The molecule has 0 aliphatic heterocycles. The fourth-order valence-corrected chi connectivity index (χ4v) is 2.85. The minimum atomic E-state index is -0.478. The number of halogens is 1. The Morgan fingerprint density at radius 3 is 2.84 bits per heavy atom. The number of fused-ring (bicyclic) bond motifs is 1. The van der Waals surface area contributed by atoms with Crippen molar-refractivity contribution in [2.75, 3.05) is 0 Å². The Balaban J connectivity index is 1.74. The number of benzene rings is 2. The highest BCUT2D eigenvalue weighted by atomic mass is 79.9. The zero-order valence-corrected chi connectivity index (χ0v) is 15.1. The first kappa shape index (κ1) is 17.2. The first-order chi connectivity index (χ1) is 12.0. The van der Waals surface area contributed by atoms with Crippen molar-refractivity contribution in [3.05, 3.63) is 86.2 Å². The van der Waals surface area contributed by atoms with Crippen molar-refractivity contribution in [2.45, 2.75) is 13.5 Å². The van der Waals surface area contributed by atoms with E-state index in [1.807, 2.05) is 43.3 Å². The molecule has 0 aliphatic rings. The summed E-state index contributed by atoms with van der Waals surface area (Å²) in [7, 11) is 0. The Labute approximate surface area is 152 Å². The van der Waals surface area contributed by atoms with Gasteiger partial charge in [0.25, 0.3) is 0 Å². The molecule has 25 heavy (non-hydrogen) atoms. The van der Waals surface area contributed by atoms with E-state index < -0.39 is 11.6 Å². The standard InChI is InChI=1S/C20H15BrO4/c1-13-5-7-17-15(11-20(23)25-18(17)9-13)12-24-19(22)8-6-14-3-2-4-16(21)10-14/h2-11H,12H2,1H3. The fraction of sp³-hybridized carbons (Fsp3) is 0.100. The molecule has 1 aromatic heterocycles. The Bertz CT molecular complexity index is 1020. The quantitative estimate of drug-likeness (QED) is 0.365. The maximum absolute atomic E-state index is 11.9. The largest absolute Gasteiger partial charge is 0.458 e. The second kappa shape index (κ2) is 7.49. The number of hydrogen-bond donors (Lipinski definition) is 0. The average molecular weight is 399 g/mol. The summed E-state index contributed by atoms with van der Waals surface area (Å²) in [5, 5.41) is 0.758. The Hall–Kier alpha value is -2.66. The van der Waals surface area contributed by atoms with Crippen LogP contribution in [0.3, 0.4) is 0 Å². The van der Waals surface area contributed by atoms with Gasteiger partial charge in [-0.05, 0) is 42.3 Å². The normalized spacial score (nSPS) is 11.1. The van der Waals surface area contributed by atoms with Gasteiger partial charge in [-0.25, -0.2) is 9.59 Å². The van der Waals surface area contributed by atoms with Gasteiger partial charge in [0.15, 0.2) is 0 Å². The molecule has 0 saturated carbocycles. The smallest absolute Gasteiger partial charge is 0.336 e. The highest BCUT2D eigenvalue weighted by Crippen LogP contribution is 2.19. The molecule has 0 saturated heterocycles. The molecule has 3 rings (SSSR count). The van der Waals surface area contributed by atoms with Crippen molar-refractivity contribution < 1.29 is 13.9 Å². The second-order valence-corrected chi connectivity index (χ2v) is 6.50. The van der Waals surface area contributed by atoms with Gasteiger partial charge in [0.1, 0.15) is 12.2 Å². The van der Waals surface area contributed by atoms with Crippen molar-refractivity contribution in [3.63, 3.8) is 0 Å². The molecule has 0 unspecified atom stereocenters. The van der Waals surface area contributed by atoms with Gasteiger partial charge in [-0.15, -0.1) is 0 Å². The van der Waals surface area contributed by atoms with Gasteiger partial charge in [-0.3, -0.25) is 0 Å². The summed E-state index contributed by atoms with van der Waals surface area (Å²) in [4.78, 5) is 23.6. The van der Waals surface area contributed by atoms with Gasteiger partial charge in [0, 0.05) is 27.6 Å². The molecule has 5 heteroatoms. The van der Waals surface area contributed by atoms with Crippen LogP contribution in [0.5, 0.6) is 0 Å². The molecule has 0 N–H and O–H groups in total. The summed E-state index contributed by atoms with van der Waals surface area (Å²) in [6.45, 7) is 1.92. The lowest BCUT2D eigenvalue weighted by Gasteiger charge is -2.06. The number of hydrogen-bond acceptors (Lipinski definition) is 4. The van der Waals surface area contributed by atoms with E-state index in [4.69, 9.17) is 9.15 Å². The van der Waals surface area contributed by atoms with E-state index in [1.54, 1.807) is 12.1 Å². The molecule has 126 valence electrons. The topological polar surface area (TPSA) is 56.5 Å². The van der Waals surface area contributed by atoms with Crippen LogP contribution in [0, 0.1) is 6.92 Å². The molecule has 0 atom stereocenters. The van der Waals surface area contributed by atoms with Crippen LogP contribution in [0.1, 0.15) is 16.7 Å². The van der Waals surface area contributed by atoms with Gasteiger partial charge in [-0.1, -0.05) is 40.2 Å². The first-order valence-electron chi connectivity index (χ1n) is 7.65. The minimum absolute atomic E-state index is 0.00676. The molecular formula is C20H15BrO4. The minimum Gasteiger partial charge on any atom is -0.458 e. The van der Waals surface area contributed by atoms with Crippen molar-refractivity contribution >= 4 is 38.9 Å². The van der Waals surface area contributed by atoms with Crippen molar-refractivity contribution in [1.29, 1.82) is 0 Å². The molecule has 0 aliphatic carbocycles. The zero-order chi connectivity index (χ0) is 17.8. The number of rotatable bonds is 4. The Morgan fingerprint density at radius 2 is 2.04 bits per heavy atom. The van der Waals surface area contributed by atoms with Crippen LogP contribution < -0.4 is 5.63 Å². The molecule has 4 nitrogen and oxygen atoms in total. The Morgan fingerprint density at radius 1 is 1.20 bits per heavy atom. The van der Waals surface area contributed by atoms with Gasteiger partial charge < -0.3 is 9.15 Å². The molecule has 0 fully saturated rings. The number of esters is 1. The molecule has 3 aromatic rings. The summed E-state index contributed by atoms with van der Waals surface area (Å²) in [5.41, 5.74) is 2.52. The first-order valence-corrected chi connectivity index (χ1v) is 8.44. The highest BCUT2D eigenvalue weighted by Gasteiger charge is 2.08. The molecule has 1 heterocycles. The molecular weight excluding hydrogens is 384 g/mol. The van der Waals surface area contributed by atoms with E-state index in [-0.39, 0.29) is 6.61 Å². The van der Waals surface area contributed by atoms with Gasteiger partial charge in [-0.2, -0.15) is 0 Å². The molecule has 0 bridgehead atoms. The third-order valence-corrected chi connectivity index (χ3v) is 4.11. The van der Waals surface area contributed by atoms with Crippen LogP contribution in [0.2, 0.25) is 0 Å². The monoisotopic (exact) mass is 398 g/mol. The average Bonchev–Trinajstić information content (AvgIpc) is 2.57. The molecule has 0 radical (unpaired) electrons. The molecule has 0 amide bonds. The van der Waals surface area contributed by atoms with Gasteiger partial charge in [0.05, 0.1) is 0 Å². The van der Waals surface area contributed by atoms with E-state index in [0.29, 0.717) is 11.1 Å². The van der Waals surface area contributed by atoms with Gasteiger partial charge >= 0.3 is 11.6 Å². The fourth-order valence-electron chi connectivity index (χ4n) is 2.43. The lowest BCUT2D eigenvalue weighted by Crippen LogP contribution is -2.05. The second-order valence-electron chi connectivity index (χ2n) is 5.59. The SMILES string of the molecule is Cc1ccc2c(COC(=O)C=Cc3cccc(Br)c3)cc(=O)oc2c1. The van der Waals surface area contributed by atoms with E-state index in [9.17, 15) is 9.59 Å². The van der Waals surface area contributed by atoms with E-state index in [2.05, 4.69) is 15.9 Å². The summed E-state index contributed by atoms with van der Waals surface area (Å²) in [6, 6.07) is 14.5. The Kier molecular flexibility index (Phi) is 5.14. The predicted octanol–water partition coefficient (Wildman–Crippen LogP) is 4.62. The van der Waals surface area contributed by atoms with Crippen LogP contribution in [-0.4, -0.2) is 5.97 Å². The predicted molar refractivity (Wildman–Crippen MR) is 100 cm³/mol. The van der Waals surface area contributed by atoms with E-state index in [1.165, 1.54) is 12.1 Å². The zero-order valence-electron chi connectivity index (χ0n) is 13.5. The van der Waals surface area contributed by atoms with Gasteiger partial charge in [0.2, 0.25) is 0 Å². The summed E-state index contributed by atoms with van der Waals surface area (Å²) < 4.78 is 11.4. The van der Waals surface area contributed by atoms with Crippen LogP contribution in [0.4, 0.5) is 0 Å². The molecule has 0 spiro atoms. The van der Waals surface area contributed by atoms with Crippen LogP contribution >= 0.6 is 15.9 Å². The van der Waals surface area contributed by atoms with Crippen LogP contribution in [0.25, 0.3) is 17.0 Å². The maximum Gasteiger partial charge on any atom is 0.336 e. The van der Waals surface area contributed by atoms with Crippen LogP contribution in [0.15, 0.2) is 68.3 Å². The maximum atomic E-state index is 11.9. The highest BCUT2D eigenvalue weighted by molar-refractivity contribution is 9.10. The lowest BCUT2D eigenvalue weighted by atomic mass is 10.1. The van der Waals surface area contributed by atoms with Crippen molar-refractivity contribution in [3.8, 4) is 0 Å². The number of carbonyl (C=O) groups is 1.